The van der Waals surface area contributed by atoms with Crippen molar-refractivity contribution in [1.29, 1.82) is 0 Å². The van der Waals surface area contributed by atoms with E-state index in [0.29, 0.717) is 0 Å². The van der Waals surface area contributed by atoms with E-state index in [4.69, 9.17) is 0 Å². The first-order valence-corrected chi connectivity index (χ1v) is 7.24. The van der Waals surface area contributed by atoms with E-state index < -0.39 is 0 Å². The molecule has 2 heteroatoms. The number of hydrogen-bond donors (Lipinski definition) is 0. The van der Waals surface area contributed by atoms with Gasteiger partial charge in [0.25, 0.3) is 0 Å². The molecule has 102 valence electrons. The van der Waals surface area contributed by atoms with Gasteiger partial charge in [-0.3, -0.25) is 9.69 Å². The summed E-state index contributed by atoms with van der Waals surface area (Å²) in [6.07, 6.45) is 2.59. The van der Waals surface area contributed by atoms with Crippen LogP contribution in [0.15, 0.2) is 54.6 Å². The van der Waals surface area contributed by atoms with Gasteiger partial charge in [0.15, 0.2) is 5.78 Å². The first kappa shape index (κ1) is 13.1. The van der Waals surface area contributed by atoms with Crippen LogP contribution < -0.4 is 0 Å². The summed E-state index contributed by atoms with van der Waals surface area (Å²) in [5, 5.41) is 0. The van der Waals surface area contributed by atoms with Gasteiger partial charge in [-0.05, 0) is 37.6 Å². The number of benzene rings is 2. The van der Waals surface area contributed by atoms with E-state index >= 15 is 0 Å². The van der Waals surface area contributed by atoms with Crippen LogP contribution in [0.5, 0.6) is 0 Å². The minimum atomic E-state index is 0.105. The lowest BCUT2D eigenvalue weighted by atomic mass is 10.0. The summed E-state index contributed by atoms with van der Waals surface area (Å²) in [6.45, 7) is 3.31. The summed E-state index contributed by atoms with van der Waals surface area (Å²) in [7, 11) is 0. The smallest absolute Gasteiger partial charge is 0.193 e. The molecule has 20 heavy (non-hydrogen) atoms. The van der Waals surface area contributed by atoms with Crippen molar-refractivity contribution in [1.82, 2.24) is 4.90 Å². The highest BCUT2D eigenvalue weighted by Gasteiger charge is 2.13. The van der Waals surface area contributed by atoms with E-state index in [2.05, 4.69) is 11.0 Å². The average Bonchev–Trinajstić information content (AvgIpc) is 3.01. The van der Waals surface area contributed by atoms with E-state index in [1.165, 1.54) is 31.5 Å². The van der Waals surface area contributed by atoms with Crippen molar-refractivity contribution in [2.75, 3.05) is 13.1 Å². The van der Waals surface area contributed by atoms with Crippen LogP contribution >= 0.6 is 0 Å². The second kappa shape index (κ2) is 6.02. The summed E-state index contributed by atoms with van der Waals surface area (Å²) in [4.78, 5) is 14.9. The number of likely N-dealkylation sites (tertiary alicyclic amines) is 1. The van der Waals surface area contributed by atoms with E-state index in [1.807, 2.05) is 48.5 Å². The van der Waals surface area contributed by atoms with E-state index in [-0.39, 0.29) is 5.78 Å². The third kappa shape index (κ3) is 2.97. The van der Waals surface area contributed by atoms with E-state index in [9.17, 15) is 4.79 Å². The Kier molecular flexibility index (Phi) is 3.93. The summed E-state index contributed by atoms with van der Waals surface area (Å²) >= 11 is 0. The number of carbonyl (C=O) groups excluding carboxylic acids is 1. The fraction of sp³-hybridized carbons (Fsp3) is 0.278. The number of nitrogens with zero attached hydrogens (tertiary/aromatic N) is 1. The van der Waals surface area contributed by atoms with Gasteiger partial charge < -0.3 is 0 Å². The van der Waals surface area contributed by atoms with Gasteiger partial charge in [-0.15, -0.1) is 0 Å². The van der Waals surface area contributed by atoms with Crippen LogP contribution in [0.2, 0.25) is 0 Å². The lowest BCUT2D eigenvalue weighted by Gasteiger charge is -2.15. The van der Waals surface area contributed by atoms with Crippen molar-refractivity contribution in [2.24, 2.45) is 0 Å². The Balaban J connectivity index is 1.78. The van der Waals surface area contributed by atoms with E-state index in [0.717, 1.165) is 17.7 Å². The summed E-state index contributed by atoms with van der Waals surface area (Å²) in [5.74, 6) is 0.105. The Morgan fingerprint density at radius 1 is 0.900 bits per heavy atom. The molecule has 2 aromatic carbocycles. The summed E-state index contributed by atoms with van der Waals surface area (Å²) in [6, 6.07) is 17.5. The summed E-state index contributed by atoms with van der Waals surface area (Å²) < 4.78 is 0. The predicted octanol–water partition coefficient (Wildman–Crippen LogP) is 3.51. The van der Waals surface area contributed by atoms with Crippen molar-refractivity contribution in [3.8, 4) is 0 Å². The van der Waals surface area contributed by atoms with Gasteiger partial charge in [-0.1, -0.05) is 48.5 Å². The maximum Gasteiger partial charge on any atom is 0.193 e. The fourth-order valence-corrected chi connectivity index (χ4v) is 2.77. The number of hydrogen-bond acceptors (Lipinski definition) is 2. The minimum absolute atomic E-state index is 0.105. The Morgan fingerprint density at radius 3 is 2.35 bits per heavy atom. The topological polar surface area (TPSA) is 20.3 Å². The molecule has 1 aliphatic rings. The van der Waals surface area contributed by atoms with Crippen LogP contribution in [-0.2, 0) is 6.54 Å². The normalized spacial score (nSPS) is 15.4. The molecule has 1 heterocycles. The Labute approximate surface area is 120 Å². The van der Waals surface area contributed by atoms with Gasteiger partial charge in [0.2, 0.25) is 0 Å². The van der Waals surface area contributed by atoms with Crippen LogP contribution in [0, 0.1) is 0 Å². The van der Waals surface area contributed by atoms with Gasteiger partial charge in [0.05, 0.1) is 0 Å². The quantitative estimate of drug-likeness (QED) is 0.788. The Morgan fingerprint density at radius 2 is 1.60 bits per heavy atom. The zero-order valence-corrected chi connectivity index (χ0v) is 11.6. The van der Waals surface area contributed by atoms with E-state index in [1.54, 1.807) is 0 Å². The molecule has 0 amide bonds. The zero-order valence-electron chi connectivity index (χ0n) is 11.6. The molecular weight excluding hydrogens is 246 g/mol. The van der Waals surface area contributed by atoms with Gasteiger partial charge in [0.1, 0.15) is 0 Å². The highest BCUT2D eigenvalue weighted by Crippen LogP contribution is 2.16. The molecule has 0 radical (unpaired) electrons. The lowest BCUT2D eigenvalue weighted by molar-refractivity contribution is 0.103. The SMILES string of the molecule is O=C(c1ccccc1)c1cccc(CN2CCCC2)c1. The molecule has 0 unspecified atom stereocenters. The average molecular weight is 265 g/mol. The first-order chi connectivity index (χ1) is 9.83. The zero-order chi connectivity index (χ0) is 13.8. The largest absolute Gasteiger partial charge is 0.299 e. The maximum atomic E-state index is 12.4. The Bertz CT molecular complexity index is 585. The lowest BCUT2D eigenvalue weighted by Crippen LogP contribution is -2.18. The molecule has 2 aromatic rings. The van der Waals surface area contributed by atoms with Crippen LogP contribution in [0.3, 0.4) is 0 Å². The third-order valence-corrected chi connectivity index (χ3v) is 3.83. The molecule has 0 aromatic heterocycles. The molecule has 1 saturated heterocycles. The van der Waals surface area contributed by atoms with Gasteiger partial charge in [0, 0.05) is 17.7 Å². The number of rotatable bonds is 4. The van der Waals surface area contributed by atoms with Crippen molar-refractivity contribution in [3.05, 3.63) is 71.3 Å². The molecule has 1 fully saturated rings. The monoisotopic (exact) mass is 265 g/mol. The summed E-state index contributed by atoms with van der Waals surface area (Å²) in [5.41, 5.74) is 2.77. The van der Waals surface area contributed by atoms with Gasteiger partial charge in [-0.25, -0.2) is 0 Å². The fourth-order valence-electron chi connectivity index (χ4n) is 2.77. The first-order valence-electron chi connectivity index (χ1n) is 7.24. The van der Waals surface area contributed by atoms with Gasteiger partial charge in [-0.2, -0.15) is 0 Å². The minimum Gasteiger partial charge on any atom is -0.299 e. The predicted molar refractivity (Wildman–Crippen MR) is 80.8 cm³/mol. The second-order valence-electron chi connectivity index (χ2n) is 5.38. The molecule has 0 atom stereocenters. The Hall–Kier alpha value is -1.93. The highest BCUT2D eigenvalue weighted by molar-refractivity contribution is 6.09. The van der Waals surface area contributed by atoms with Crippen LogP contribution in [0.4, 0.5) is 0 Å². The third-order valence-electron chi connectivity index (χ3n) is 3.83. The van der Waals surface area contributed by atoms with Crippen molar-refractivity contribution >= 4 is 5.78 Å². The van der Waals surface area contributed by atoms with Gasteiger partial charge >= 0.3 is 0 Å². The van der Waals surface area contributed by atoms with Crippen LogP contribution in [0.25, 0.3) is 0 Å². The number of ketones is 1. The molecule has 0 N–H and O–H groups in total. The standard InChI is InChI=1S/C18H19NO/c20-18(16-8-2-1-3-9-16)17-10-6-7-15(13-17)14-19-11-4-5-12-19/h1-3,6-10,13H,4-5,11-12,14H2. The molecule has 0 spiro atoms. The molecule has 1 aliphatic heterocycles. The number of carbonyl (C=O) groups is 1. The molecule has 0 aliphatic carbocycles. The molecule has 3 rings (SSSR count). The molecular formula is C18H19NO. The van der Waals surface area contributed by atoms with Crippen molar-refractivity contribution in [2.45, 2.75) is 19.4 Å². The second-order valence-corrected chi connectivity index (χ2v) is 5.38. The van der Waals surface area contributed by atoms with Crippen LogP contribution in [0.1, 0.15) is 34.3 Å². The molecule has 0 saturated carbocycles. The maximum absolute atomic E-state index is 12.4. The van der Waals surface area contributed by atoms with Crippen molar-refractivity contribution < 1.29 is 4.79 Å². The highest BCUT2D eigenvalue weighted by atomic mass is 16.1. The molecule has 2 nitrogen and oxygen atoms in total. The van der Waals surface area contributed by atoms with Crippen molar-refractivity contribution in [3.63, 3.8) is 0 Å². The van der Waals surface area contributed by atoms with Crippen LogP contribution in [-0.4, -0.2) is 23.8 Å². The molecule has 0 bridgehead atoms.